The summed E-state index contributed by atoms with van der Waals surface area (Å²) in [6, 6.07) is 7.64. The second-order valence-electron chi connectivity index (χ2n) is 6.41. The summed E-state index contributed by atoms with van der Waals surface area (Å²) in [4.78, 5) is 20.4. The van der Waals surface area contributed by atoms with Gasteiger partial charge in [0.15, 0.2) is 5.13 Å². The van der Waals surface area contributed by atoms with Crippen LogP contribution in [0.3, 0.4) is 0 Å². The zero-order valence-corrected chi connectivity index (χ0v) is 18.5. The van der Waals surface area contributed by atoms with Crippen molar-refractivity contribution in [1.29, 1.82) is 0 Å². The zero-order valence-electron chi connectivity index (χ0n) is 16.9. The van der Waals surface area contributed by atoms with Crippen LogP contribution < -0.4 is 15.5 Å². The summed E-state index contributed by atoms with van der Waals surface area (Å²) < 4.78 is 0. The number of unbranched alkanes of at least 4 members (excludes halogenated alkanes) is 1. The molecule has 0 fully saturated rings. The van der Waals surface area contributed by atoms with Crippen LogP contribution in [0.15, 0.2) is 29.6 Å². The third-order valence-corrected chi connectivity index (χ3v) is 5.36. The molecule has 1 aromatic carbocycles. The highest BCUT2D eigenvalue weighted by Gasteiger charge is 2.13. The maximum Gasteiger partial charge on any atom is 0.235 e. The molecule has 29 heavy (non-hydrogen) atoms. The van der Waals surface area contributed by atoms with Gasteiger partial charge < -0.3 is 10.2 Å². The van der Waals surface area contributed by atoms with Crippen molar-refractivity contribution in [3.63, 3.8) is 0 Å². The molecule has 0 bridgehead atoms. The molecule has 3 aromatic rings. The van der Waals surface area contributed by atoms with Crippen molar-refractivity contribution in [3.8, 4) is 11.3 Å². The molecule has 0 saturated heterocycles. The van der Waals surface area contributed by atoms with Gasteiger partial charge in [0.2, 0.25) is 17.8 Å². The van der Waals surface area contributed by atoms with E-state index in [4.69, 9.17) is 11.6 Å². The van der Waals surface area contributed by atoms with E-state index in [1.807, 2.05) is 29.6 Å². The lowest BCUT2D eigenvalue weighted by molar-refractivity contribution is 0.801. The van der Waals surface area contributed by atoms with Crippen molar-refractivity contribution in [1.82, 2.24) is 19.9 Å². The number of nitrogens with zero attached hydrogens (tertiary/aromatic N) is 5. The molecule has 0 amide bonds. The van der Waals surface area contributed by atoms with Gasteiger partial charge in [0.05, 0.1) is 5.69 Å². The minimum atomic E-state index is 0.484. The molecular formula is C20H26ClN7S. The topological polar surface area (TPSA) is 78.9 Å². The molecule has 9 heteroatoms. The predicted molar refractivity (Wildman–Crippen MR) is 123 cm³/mol. The highest BCUT2D eigenvalue weighted by molar-refractivity contribution is 7.14. The smallest absolute Gasteiger partial charge is 0.235 e. The van der Waals surface area contributed by atoms with E-state index in [0.717, 1.165) is 48.9 Å². The van der Waals surface area contributed by atoms with Gasteiger partial charge in [-0.3, -0.25) is 5.32 Å². The fourth-order valence-corrected chi connectivity index (χ4v) is 3.54. The molecule has 3 rings (SSSR count). The quantitative estimate of drug-likeness (QED) is 0.413. The Hall–Kier alpha value is -2.45. The van der Waals surface area contributed by atoms with Gasteiger partial charge in [-0.2, -0.15) is 15.0 Å². The fourth-order valence-electron chi connectivity index (χ4n) is 2.70. The van der Waals surface area contributed by atoms with Crippen molar-refractivity contribution in [3.05, 3.63) is 34.7 Å². The van der Waals surface area contributed by atoms with Crippen molar-refractivity contribution in [2.75, 3.05) is 35.2 Å². The molecule has 2 aromatic heterocycles. The van der Waals surface area contributed by atoms with Gasteiger partial charge in [0.25, 0.3) is 0 Å². The van der Waals surface area contributed by atoms with E-state index in [0.29, 0.717) is 22.9 Å². The number of aromatic nitrogens is 4. The zero-order chi connectivity index (χ0) is 20.6. The number of rotatable bonds is 10. The molecule has 0 saturated carbocycles. The van der Waals surface area contributed by atoms with Crippen LogP contribution in [0.1, 0.15) is 33.6 Å². The van der Waals surface area contributed by atoms with Crippen molar-refractivity contribution in [2.24, 2.45) is 0 Å². The van der Waals surface area contributed by atoms with Crippen LogP contribution in [0.2, 0.25) is 5.02 Å². The van der Waals surface area contributed by atoms with Gasteiger partial charge in [-0.1, -0.05) is 37.1 Å². The van der Waals surface area contributed by atoms with Crippen LogP contribution in [0, 0.1) is 0 Å². The molecule has 0 unspecified atom stereocenters. The SMILES string of the molecule is CCCCNc1nc(Nc2nc(-c3ccc(Cl)cc3)cs2)nc(N(CC)CC)n1. The minimum Gasteiger partial charge on any atom is -0.354 e. The summed E-state index contributed by atoms with van der Waals surface area (Å²) in [5.41, 5.74) is 1.90. The average Bonchev–Trinajstić information content (AvgIpc) is 3.18. The van der Waals surface area contributed by atoms with Crippen LogP contribution in [-0.4, -0.2) is 39.6 Å². The molecule has 0 aliphatic heterocycles. The molecule has 0 spiro atoms. The highest BCUT2D eigenvalue weighted by Crippen LogP contribution is 2.27. The van der Waals surface area contributed by atoms with Gasteiger partial charge in [-0.15, -0.1) is 11.3 Å². The van der Waals surface area contributed by atoms with Gasteiger partial charge in [-0.05, 0) is 32.4 Å². The second-order valence-corrected chi connectivity index (χ2v) is 7.70. The summed E-state index contributed by atoms with van der Waals surface area (Å²) in [7, 11) is 0. The molecule has 154 valence electrons. The maximum atomic E-state index is 5.97. The highest BCUT2D eigenvalue weighted by atomic mass is 35.5. The lowest BCUT2D eigenvalue weighted by atomic mass is 10.2. The van der Waals surface area contributed by atoms with Crippen LogP contribution in [-0.2, 0) is 0 Å². The minimum absolute atomic E-state index is 0.484. The number of benzene rings is 1. The van der Waals surface area contributed by atoms with E-state index < -0.39 is 0 Å². The average molecular weight is 432 g/mol. The van der Waals surface area contributed by atoms with Crippen LogP contribution in [0.4, 0.5) is 23.0 Å². The van der Waals surface area contributed by atoms with Crippen molar-refractivity contribution in [2.45, 2.75) is 33.6 Å². The molecular weight excluding hydrogens is 406 g/mol. The summed E-state index contributed by atoms with van der Waals surface area (Å²) in [6.45, 7) is 8.81. The molecule has 2 heterocycles. The molecule has 0 atom stereocenters. The predicted octanol–water partition coefficient (Wildman–Crippen LogP) is 5.45. The number of hydrogen-bond donors (Lipinski definition) is 2. The maximum absolute atomic E-state index is 5.97. The Balaban J connectivity index is 1.82. The number of thiazole rings is 1. The largest absolute Gasteiger partial charge is 0.354 e. The molecule has 0 aliphatic carbocycles. The second kappa shape index (κ2) is 10.4. The third-order valence-electron chi connectivity index (χ3n) is 4.35. The fraction of sp³-hybridized carbons (Fsp3) is 0.400. The molecule has 7 nitrogen and oxygen atoms in total. The van der Waals surface area contributed by atoms with Gasteiger partial charge in [0, 0.05) is 35.6 Å². The van der Waals surface area contributed by atoms with E-state index in [-0.39, 0.29) is 0 Å². The van der Waals surface area contributed by atoms with Crippen molar-refractivity contribution < 1.29 is 0 Å². The molecule has 0 aliphatic rings. The molecule has 2 N–H and O–H groups in total. The summed E-state index contributed by atoms with van der Waals surface area (Å²) in [5, 5.41) is 9.96. The van der Waals surface area contributed by atoms with Gasteiger partial charge in [0.1, 0.15) is 0 Å². The van der Waals surface area contributed by atoms with E-state index in [1.54, 1.807) is 0 Å². The Morgan fingerprint density at radius 3 is 2.38 bits per heavy atom. The summed E-state index contributed by atoms with van der Waals surface area (Å²) in [6.07, 6.45) is 2.17. The lowest BCUT2D eigenvalue weighted by Crippen LogP contribution is -2.25. The number of hydrogen-bond acceptors (Lipinski definition) is 8. The van der Waals surface area contributed by atoms with Gasteiger partial charge in [-0.25, -0.2) is 4.98 Å². The Bertz CT molecular complexity index is 909. The number of anilines is 4. The first kappa shape index (κ1) is 21.3. The standard InChI is InChI=1S/C20H26ClN7S/c1-4-7-12-22-17-24-18(26-19(25-17)28(5-2)6-3)27-20-23-16(13-29-20)14-8-10-15(21)11-9-14/h8-11,13H,4-7,12H2,1-3H3,(H2,22,23,24,25,26,27). The Kier molecular flexibility index (Phi) is 7.60. The summed E-state index contributed by atoms with van der Waals surface area (Å²) in [5.74, 6) is 1.71. The molecule has 0 radical (unpaired) electrons. The first-order valence-corrected chi connectivity index (χ1v) is 11.1. The van der Waals surface area contributed by atoms with Crippen LogP contribution >= 0.6 is 22.9 Å². The first-order chi connectivity index (χ1) is 14.1. The third kappa shape index (κ3) is 5.77. The van der Waals surface area contributed by atoms with Crippen LogP contribution in [0.25, 0.3) is 11.3 Å². The van der Waals surface area contributed by atoms with Gasteiger partial charge >= 0.3 is 0 Å². The van der Waals surface area contributed by atoms with E-state index in [1.165, 1.54) is 11.3 Å². The summed E-state index contributed by atoms with van der Waals surface area (Å²) >= 11 is 7.48. The normalized spacial score (nSPS) is 10.8. The first-order valence-electron chi connectivity index (χ1n) is 9.86. The Morgan fingerprint density at radius 1 is 0.966 bits per heavy atom. The Morgan fingerprint density at radius 2 is 1.69 bits per heavy atom. The van der Waals surface area contributed by atoms with E-state index in [2.05, 4.69) is 56.2 Å². The van der Waals surface area contributed by atoms with E-state index >= 15 is 0 Å². The Labute approximate surface area is 180 Å². The monoisotopic (exact) mass is 431 g/mol. The number of halogens is 1. The van der Waals surface area contributed by atoms with Crippen molar-refractivity contribution >= 4 is 45.9 Å². The lowest BCUT2D eigenvalue weighted by Gasteiger charge is -2.19. The van der Waals surface area contributed by atoms with Crippen LogP contribution in [0.5, 0.6) is 0 Å². The number of nitrogens with one attached hydrogen (secondary N) is 2. The van der Waals surface area contributed by atoms with E-state index in [9.17, 15) is 0 Å².